The summed E-state index contributed by atoms with van der Waals surface area (Å²) < 4.78 is 0. The van der Waals surface area contributed by atoms with Crippen molar-refractivity contribution in [1.82, 2.24) is 0 Å². The van der Waals surface area contributed by atoms with Crippen molar-refractivity contribution in [2.75, 3.05) is 0 Å². The summed E-state index contributed by atoms with van der Waals surface area (Å²) >= 11 is 0. The van der Waals surface area contributed by atoms with Gasteiger partial charge in [-0.3, -0.25) is 0 Å². The third-order valence-corrected chi connectivity index (χ3v) is 4.75. The van der Waals surface area contributed by atoms with E-state index in [0.29, 0.717) is 21.5 Å². The van der Waals surface area contributed by atoms with Gasteiger partial charge in [0, 0.05) is 11.1 Å². The molecule has 0 heterocycles. The maximum absolute atomic E-state index is 11.7. The first-order valence-electron chi connectivity index (χ1n) is 8.36. The number of carboxylic acid groups (broad SMARTS) is 2. The third kappa shape index (κ3) is 3.00. The Hall–Kier alpha value is -4.06. The van der Waals surface area contributed by atoms with E-state index in [4.69, 9.17) is 0 Å². The quantitative estimate of drug-likeness (QED) is 0.387. The van der Waals surface area contributed by atoms with E-state index in [-0.39, 0.29) is 29.7 Å². The summed E-state index contributed by atoms with van der Waals surface area (Å²) in [7, 11) is 0. The second-order valence-electron chi connectivity index (χ2n) is 6.35. The van der Waals surface area contributed by atoms with Crippen molar-refractivity contribution in [3.63, 3.8) is 0 Å². The van der Waals surface area contributed by atoms with E-state index < -0.39 is 23.4 Å². The highest BCUT2D eigenvalue weighted by atomic mass is 16.4. The van der Waals surface area contributed by atoms with E-state index in [9.17, 15) is 30.0 Å². The van der Waals surface area contributed by atoms with Crippen LogP contribution in [0.2, 0.25) is 0 Å². The first-order chi connectivity index (χ1) is 13.4. The molecule has 0 radical (unpaired) electrons. The van der Waals surface area contributed by atoms with Crippen LogP contribution in [0.4, 0.5) is 0 Å². The average molecular weight is 390 g/mol. The molecular weight excluding hydrogens is 372 g/mol. The Bertz CT molecular complexity index is 1190. The molecule has 0 aliphatic rings. The summed E-state index contributed by atoms with van der Waals surface area (Å²) in [5, 5.41) is 42.6. The highest BCUT2D eigenvalue weighted by Crippen LogP contribution is 2.47. The SMILES string of the molecule is C.O=C(O)c1cc2ccccc2c(-c2c(O)c(C(=O)O)cc3ccccc23)c1O. The Kier molecular flexibility index (Phi) is 4.86. The van der Waals surface area contributed by atoms with Gasteiger partial charge < -0.3 is 20.4 Å². The molecule has 6 heteroatoms. The largest absolute Gasteiger partial charge is 0.506 e. The van der Waals surface area contributed by atoms with E-state index in [1.165, 1.54) is 12.1 Å². The average Bonchev–Trinajstić information content (AvgIpc) is 2.67. The van der Waals surface area contributed by atoms with E-state index in [0.717, 1.165) is 0 Å². The van der Waals surface area contributed by atoms with Gasteiger partial charge >= 0.3 is 11.9 Å². The van der Waals surface area contributed by atoms with Crippen LogP contribution in [0.3, 0.4) is 0 Å². The van der Waals surface area contributed by atoms with Crippen LogP contribution in [-0.4, -0.2) is 32.4 Å². The number of carbonyl (C=O) groups is 2. The molecule has 29 heavy (non-hydrogen) atoms. The summed E-state index contributed by atoms with van der Waals surface area (Å²) in [5.74, 6) is -3.73. The predicted molar refractivity (Wildman–Crippen MR) is 111 cm³/mol. The van der Waals surface area contributed by atoms with E-state index in [1.54, 1.807) is 48.5 Å². The van der Waals surface area contributed by atoms with Crippen LogP contribution in [0.25, 0.3) is 32.7 Å². The molecule has 4 rings (SSSR count). The van der Waals surface area contributed by atoms with E-state index in [1.807, 2.05) is 0 Å². The Balaban J connectivity index is 0.00000240. The first-order valence-corrected chi connectivity index (χ1v) is 8.36. The molecular formula is C23H18O6. The van der Waals surface area contributed by atoms with Crippen molar-refractivity contribution in [1.29, 1.82) is 0 Å². The molecule has 0 amide bonds. The van der Waals surface area contributed by atoms with Crippen LogP contribution in [-0.2, 0) is 0 Å². The van der Waals surface area contributed by atoms with Crippen LogP contribution in [0.1, 0.15) is 28.1 Å². The molecule has 4 N–H and O–H groups in total. The van der Waals surface area contributed by atoms with Crippen LogP contribution in [0.5, 0.6) is 11.5 Å². The minimum Gasteiger partial charge on any atom is -0.506 e. The fraction of sp³-hybridized carbons (Fsp3) is 0.0435. The molecule has 0 aliphatic carbocycles. The van der Waals surface area contributed by atoms with Crippen LogP contribution >= 0.6 is 0 Å². The minimum atomic E-state index is -1.33. The van der Waals surface area contributed by atoms with Crippen LogP contribution < -0.4 is 0 Å². The van der Waals surface area contributed by atoms with Gasteiger partial charge in [0.25, 0.3) is 0 Å². The Labute approximate surface area is 165 Å². The van der Waals surface area contributed by atoms with Crippen molar-refractivity contribution in [3.8, 4) is 22.6 Å². The summed E-state index contributed by atoms with van der Waals surface area (Å²) in [6.45, 7) is 0. The first kappa shape index (κ1) is 19.7. The lowest BCUT2D eigenvalue weighted by Gasteiger charge is -2.17. The summed E-state index contributed by atoms with van der Waals surface area (Å²) in [4.78, 5) is 23.3. The zero-order chi connectivity index (χ0) is 20.0. The third-order valence-electron chi connectivity index (χ3n) is 4.75. The molecule has 0 atom stereocenters. The molecule has 0 aliphatic heterocycles. The number of phenols is 2. The fourth-order valence-electron chi connectivity index (χ4n) is 3.51. The summed E-state index contributed by atoms with van der Waals surface area (Å²) in [6, 6.07) is 16.3. The van der Waals surface area contributed by atoms with Gasteiger partial charge in [-0.05, 0) is 33.7 Å². The van der Waals surface area contributed by atoms with Gasteiger partial charge in [-0.25, -0.2) is 9.59 Å². The highest BCUT2D eigenvalue weighted by Gasteiger charge is 2.25. The smallest absolute Gasteiger partial charge is 0.339 e. The topological polar surface area (TPSA) is 115 Å². The molecule has 6 nitrogen and oxygen atoms in total. The zero-order valence-electron chi connectivity index (χ0n) is 14.4. The highest BCUT2D eigenvalue weighted by molar-refractivity contribution is 6.15. The van der Waals surface area contributed by atoms with Crippen molar-refractivity contribution in [3.05, 3.63) is 71.8 Å². The Morgan fingerprint density at radius 1 is 0.621 bits per heavy atom. The number of aromatic carboxylic acids is 2. The standard InChI is InChI=1S/C22H14O6.CH4/c23-19-15(21(25)26)9-11-5-1-3-7-13(11)17(19)18-14-8-4-2-6-12(14)10-16(20(18)24)22(27)28;/h1-10,23-24H,(H,25,26)(H,27,28);1H4. The maximum atomic E-state index is 11.7. The summed E-state index contributed by atoms with van der Waals surface area (Å²) in [5.41, 5.74) is -0.518. The lowest BCUT2D eigenvalue weighted by Crippen LogP contribution is -2.01. The molecule has 4 aromatic carbocycles. The molecule has 0 unspecified atom stereocenters. The van der Waals surface area contributed by atoms with Crippen molar-refractivity contribution in [2.45, 2.75) is 7.43 Å². The van der Waals surface area contributed by atoms with Gasteiger partial charge in [0.1, 0.15) is 22.6 Å². The molecule has 0 saturated heterocycles. The number of hydrogen-bond acceptors (Lipinski definition) is 4. The number of fused-ring (bicyclic) bond motifs is 2. The number of benzene rings is 4. The monoisotopic (exact) mass is 390 g/mol. The molecule has 146 valence electrons. The number of hydrogen-bond donors (Lipinski definition) is 4. The zero-order valence-corrected chi connectivity index (χ0v) is 14.4. The van der Waals surface area contributed by atoms with Gasteiger partial charge in [0.2, 0.25) is 0 Å². The lowest BCUT2D eigenvalue weighted by molar-refractivity contribution is 0.0682. The van der Waals surface area contributed by atoms with Gasteiger partial charge in [-0.1, -0.05) is 56.0 Å². The Morgan fingerprint density at radius 3 is 1.31 bits per heavy atom. The van der Waals surface area contributed by atoms with Crippen LogP contribution in [0.15, 0.2) is 60.7 Å². The molecule has 4 aromatic rings. The maximum Gasteiger partial charge on any atom is 0.339 e. The van der Waals surface area contributed by atoms with Gasteiger partial charge in [0.05, 0.1) is 0 Å². The number of rotatable bonds is 3. The van der Waals surface area contributed by atoms with E-state index >= 15 is 0 Å². The number of carboxylic acids is 2. The van der Waals surface area contributed by atoms with Gasteiger partial charge in [-0.15, -0.1) is 0 Å². The second kappa shape index (κ2) is 7.16. The number of aromatic hydroxyl groups is 2. The molecule has 0 saturated carbocycles. The van der Waals surface area contributed by atoms with E-state index in [2.05, 4.69) is 0 Å². The lowest BCUT2D eigenvalue weighted by atomic mass is 9.89. The fourth-order valence-corrected chi connectivity index (χ4v) is 3.51. The normalized spacial score (nSPS) is 10.6. The van der Waals surface area contributed by atoms with Gasteiger partial charge in [0.15, 0.2) is 0 Å². The van der Waals surface area contributed by atoms with Crippen molar-refractivity contribution in [2.24, 2.45) is 0 Å². The van der Waals surface area contributed by atoms with Gasteiger partial charge in [-0.2, -0.15) is 0 Å². The second-order valence-corrected chi connectivity index (χ2v) is 6.35. The van der Waals surface area contributed by atoms with Crippen molar-refractivity contribution < 1.29 is 30.0 Å². The predicted octanol–water partition coefficient (Wildman–Crippen LogP) is 5.10. The summed E-state index contributed by atoms with van der Waals surface area (Å²) in [6.07, 6.45) is 0. The molecule has 0 bridgehead atoms. The molecule has 0 spiro atoms. The van der Waals surface area contributed by atoms with Crippen molar-refractivity contribution >= 4 is 33.5 Å². The Morgan fingerprint density at radius 2 is 0.966 bits per heavy atom. The molecule has 0 fully saturated rings. The van der Waals surface area contributed by atoms with Crippen LogP contribution in [0, 0.1) is 0 Å². The molecule has 0 aromatic heterocycles. The minimum absolute atomic E-state index is 0.